The molecule has 11 heavy (non-hydrogen) atoms. The van der Waals surface area contributed by atoms with Crippen molar-refractivity contribution in [2.45, 2.75) is 20.8 Å². The molecule has 1 rings (SSSR count). The van der Waals surface area contributed by atoms with Crippen molar-refractivity contribution in [3.05, 3.63) is 17.5 Å². The minimum absolute atomic E-state index is 0. The molecule has 1 heterocycles. The van der Waals surface area contributed by atoms with Gasteiger partial charge in [0.1, 0.15) is 0 Å². The van der Waals surface area contributed by atoms with E-state index in [1.807, 2.05) is 26.8 Å². The molecule has 1 N–H and O–H groups in total. The fourth-order valence-electron chi connectivity index (χ4n) is 0.963. The lowest BCUT2D eigenvalue weighted by atomic mass is 10.4. The maximum Gasteiger partial charge on any atom is 0.223 e. The van der Waals surface area contributed by atoms with Crippen LogP contribution in [0.2, 0.25) is 0 Å². The van der Waals surface area contributed by atoms with Crippen molar-refractivity contribution in [1.29, 1.82) is 0 Å². The first-order valence-electron chi connectivity index (χ1n) is 3.78. The van der Waals surface area contributed by atoms with Gasteiger partial charge in [0.2, 0.25) is 5.95 Å². The Balaban J connectivity index is 0.00000121. The molecule has 1 aromatic rings. The van der Waals surface area contributed by atoms with Crippen LogP contribution in [-0.2, 0) is 0 Å². The van der Waals surface area contributed by atoms with E-state index in [0.717, 1.165) is 23.9 Å². The number of nitrogens with zero attached hydrogens (tertiary/aromatic N) is 2. The molecule has 0 fully saturated rings. The maximum atomic E-state index is 4.20. The molecule has 0 unspecified atom stereocenters. The van der Waals surface area contributed by atoms with Crippen LogP contribution in [0.25, 0.3) is 0 Å². The highest BCUT2D eigenvalue weighted by atomic mass is 15.1. The molecule has 0 bridgehead atoms. The van der Waals surface area contributed by atoms with E-state index in [1.165, 1.54) is 0 Å². The highest BCUT2D eigenvalue weighted by Crippen LogP contribution is 2.02. The quantitative estimate of drug-likeness (QED) is 0.703. The van der Waals surface area contributed by atoms with Crippen LogP contribution in [0.4, 0.5) is 5.95 Å². The minimum atomic E-state index is 0. The molecule has 1 aromatic heterocycles. The van der Waals surface area contributed by atoms with Crippen LogP contribution in [-0.4, -0.2) is 16.5 Å². The Morgan fingerprint density at radius 2 is 1.91 bits per heavy atom. The largest absolute Gasteiger partial charge is 0.354 e. The van der Waals surface area contributed by atoms with Gasteiger partial charge in [0.15, 0.2) is 0 Å². The molecule has 0 aliphatic heterocycles. The Bertz CT molecular complexity index is 230. The molecular formula is C8H15N3. The van der Waals surface area contributed by atoms with Gasteiger partial charge in [0.25, 0.3) is 0 Å². The van der Waals surface area contributed by atoms with Crippen molar-refractivity contribution in [1.82, 2.24) is 9.97 Å². The molecule has 0 aliphatic carbocycles. The Hall–Kier alpha value is -1.12. The average Bonchev–Trinajstić information content (AvgIpc) is 1.85. The van der Waals surface area contributed by atoms with Gasteiger partial charge in [-0.05, 0) is 26.8 Å². The summed E-state index contributed by atoms with van der Waals surface area (Å²) in [7, 11) is 0. The van der Waals surface area contributed by atoms with E-state index in [9.17, 15) is 0 Å². The number of aryl methyl sites for hydroxylation is 2. The van der Waals surface area contributed by atoms with Crippen LogP contribution in [0.5, 0.6) is 0 Å². The molecule has 0 aromatic carbocycles. The van der Waals surface area contributed by atoms with Gasteiger partial charge >= 0.3 is 0 Å². The fraction of sp³-hybridized carbons (Fsp3) is 0.500. The van der Waals surface area contributed by atoms with Crippen molar-refractivity contribution in [3.8, 4) is 0 Å². The molecule has 0 aliphatic rings. The number of aromatic nitrogens is 2. The Morgan fingerprint density at radius 3 is 2.36 bits per heavy atom. The summed E-state index contributed by atoms with van der Waals surface area (Å²) in [5.41, 5.74) is 2.02. The first kappa shape index (κ1) is 7.98. The van der Waals surface area contributed by atoms with Gasteiger partial charge in [-0.25, -0.2) is 9.97 Å². The zero-order chi connectivity index (χ0) is 8.27. The lowest BCUT2D eigenvalue weighted by molar-refractivity contribution is 1.02. The molecule has 3 nitrogen and oxygen atoms in total. The maximum absolute atomic E-state index is 4.20. The topological polar surface area (TPSA) is 37.8 Å². The molecule has 0 saturated carbocycles. The van der Waals surface area contributed by atoms with Crippen LogP contribution < -0.4 is 5.32 Å². The molecule has 0 radical (unpaired) electrons. The summed E-state index contributed by atoms with van der Waals surface area (Å²) in [6.45, 7) is 6.83. The fourth-order valence-corrected chi connectivity index (χ4v) is 0.963. The van der Waals surface area contributed by atoms with Gasteiger partial charge in [0, 0.05) is 19.4 Å². The van der Waals surface area contributed by atoms with Crippen molar-refractivity contribution in [2.75, 3.05) is 11.9 Å². The van der Waals surface area contributed by atoms with Gasteiger partial charge in [-0.1, -0.05) is 0 Å². The van der Waals surface area contributed by atoms with E-state index in [1.54, 1.807) is 0 Å². The van der Waals surface area contributed by atoms with E-state index >= 15 is 0 Å². The van der Waals surface area contributed by atoms with Crippen molar-refractivity contribution >= 4 is 5.95 Å². The number of anilines is 1. The van der Waals surface area contributed by atoms with Gasteiger partial charge in [-0.15, -0.1) is 0 Å². The van der Waals surface area contributed by atoms with Crippen molar-refractivity contribution in [2.24, 2.45) is 0 Å². The number of hydrogen-bond donors (Lipinski definition) is 1. The summed E-state index contributed by atoms with van der Waals surface area (Å²) in [5, 5.41) is 3.07. The first-order valence-corrected chi connectivity index (χ1v) is 3.78. The second kappa shape index (κ2) is 3.32. The third kappa shape index (κ3) is 2.18. The molecule has 0 saturated heterocycles. The number of rotatable bonds is 2. The van der Waals surface area contributed by atoms with Gasteiger partial charge in [-0.2, -0.15) is 0 Å². The normalized spacial score (nSPS) is 9.73. The van der Waals surface area contributed by atoms with E-state index in [-0.39, 0.29) is 1.43 Å². The monoisotopic (exact) mass is 153 g/mol. The van der Waals surface area contributed by atoms with Crippen LogP contribution in [0, 0.1) is 13.8 Å². The lowest BCUT2D eigenvalue weighted by Gasteiger charge is -2.02. The van der Waals surface area contributed by atoms with Gasteiger partial charge in [0.05, 0.1) is 0 Å². The standard InChI is InChI=1S/C8H13N3.H2/c1-4-9-8-10-6(2)5-7(3)11-8;/h5H,4H2,1-3H3,(H,9,10,11);1H. The highest BCUT2D eigenvalue weighted by molar-refractivity contribution is 5.26. The smallest absolute Gasteiger partial charge is 0.223 e. The highest BCUT2D eigenvalue weighted by Gasteiger charge is 1.95. The first-order chi connectivity index (χ1) is 5.22. The molecular weight excluding hydrogens is 138 g/mol. The summed E-state index contributed by atoms with van der Waals surface area (Å²) in [6.07, 6.45) is 0. The van der Waals surface area contributed by atoms with Gasteiger partial charge < -0.3 is 5.32 Å². The number of hydrogen-bond acceptors (Lipinski definition) is 3. The summed E-state index contributed by atoms with van der Waals surface area (Å²) < 4.78 is 0. The Labute approximate surface area is 68.4 Å². The summed E-state index contributed by atoms with van der Waals surface area (Å²) in [5.74, 6) is 0.727. The van der Waals surface area contributed by atoms with Gasteiger partial charge in [-0.3, -0.25) is 0 Å². The zero-order valence-electron chi connectivity index (χ0n) is 7.18. The number of nitrogens with one attached hydrogen (secondary N) is 1. The molecule has 0 spiro atoms. The predicted octanol–water partition coefficient (Wildman–Crippen LogP) is 1.77. The lowest BCUT2D eigenvalue weighted by Crippen LogP contribution is -2.03. The summed E-state index contributed by atoms with van der Waals surface area (Å²) >= 11 is 0. The average molecular weight is 153 g/mol. The van der Waals surface area contributed by atoms with E-state index in [4.69, 9.17) is 0 Å². The van der Waals surface area contributed by atoms with Crippen LogP contribution in [0.1, 0.15) is 19.7 Å². The van der Waals surface area contributed by atoms with E-state index in [0.29, 0.717) is 0 Å². The summed E-state index contributed by atoms with van der Waals surface area (Å²) in [6, 6.07) is 1.96. The third-order valence-electron chi connectivity index (χ3n) is 1.32. The van der Waals surface area contributed by atoms with Crippen LogP contribution in [0.15, 0.2) is 6.07 Å². The Kier molecular flexibility index (Phi) is 2.41. The minimum Gasteiger partial charge on any atom is -0.354 e. The SMILES string of the molecule is CCNc1nc(C)cc(C)n1.[HH]. The third-order valence-corrected chi connectivity index (χ3v) is 1.32. The zero-order valence-corrected chi connectivity index (χ0v) is 7.18. The summed E-state index contributed by atoms with van der Waals surface area (Å²) in [4.78, 5) is 8.40. The second-order valence-electron chi connectivity index (χ2n) is 2.50. The van der Waals surface area contributed by atoms with Crippen molar-refractivity contribution < 1.29 is 1.43 Å². The predicted molar refractivity (Wildman–Crippen MR) is 47.8 cm³/mol. The Morgan fingerprint density at radius 1 is 1.36 bits per heavy atom. The van der Waals surface area contributed by atoms with E-state index < -0.39 is 0 Å². The molecule has 0 atom stereocenters. The van der Waals surface area contributed by atoms with Crippen LogP contribution in [0.3, 0.4) is 0 Å². The second-order valence-corrected chi connectivity index (χ2v) is 2.50. The molecule has 62 valence electrons. The molecule has 0 amide bonds. The van der Waals surface area contributed by atoms with Crippen molar-refractivity contribution in [3.63, 3.8) is 0 Å². The van der Waals surface area contributed by atoms with E-state index in [2.05, 4.69) is 15.3 Å². The molecule has 3 heteroatoms. The van der Waals surface area contributed by atoms with Crippen LogP contribution >= 0.6 is 0 Å².